The van der Waals surface area contributed by atoms with E-state index in [1.165, 1.54) is 4.88 Å². The Kier molecular flexibility index (Phi) is 4.00. The van der Waals surface area contributed by atoms with Crippen molar-refractivity contribution < 1.29 is 0 Å². The highest BCUT2D eigenvalue weighted by Gasteiger charge is 2.23. The SMILES string of the molecule is CCC(c1cccs1)n1c(C(C)Cl)nc2cc(C)cnc21. The number of imidazole rings is 1. The second-order valence-corrected chi connectivity index (χ2v) is 6.88. The van der Waals surface area contributed by atoms with Gasteiger partial charge in [-0.05, 0) is 43.3 Å². The van der Waals surface area contributed by atoms with E-state index in [0.717, 1.165) is 29.0 Å². The molecule has 0 radical (unpaired) electrons. The maximum atomic E-state index is 6.37. The highest BCUT2D eigenvalue weighted by Crippen LogP contribution is 2.34. The first kappa shape index (κ1) is 14.5. The van der Waals surface area contributed by atoms with Gasteiger partial charge in [-0.1, -0.05) is 13.0 Å². The van der Waals surface area contributed by atoms with Gasteiger partial charge in [0.1, 0.15) is 11.3 Å². The van der Waals surface area contributed by atoms with E-state index in [1.54, 1.807) is 11.3 Å². The number of rotatable bonds is 4. The Morgan fingerprint density at radius 2 is 2.24 bits per heavy atom. The minimum Gasteiger partial charge on any atom is -0.303 e. The van der Waals surface area contributed by atoms with E-state index in [1.807, 2.05) is 20.0 Å². The highest BCUT2D eigenvalue weighted by atomic mass is 35.5. The molecule has 3 nitrogen and oxygen atoms in total. The summed E-state index contributed by atoms with van der Waals surface area (Å²) < 4.78 is 2.21. The molecule has 0 saturated heterocycles. The lowest BCUT2D eigenvalue weighted by Crippen LogP contribution is -2.13. The molecule has 0 aliphatic carbocycles. The van der Waals surface area contributed by atoms with Gasteiger partial charge in [-0.25, -0.2) is 9.97 Å². The normalized spacial score (nSPS) is 14.5. The Morgan fingerprint density at radius 1 is 1.43 bits per heavy atom. The van der Waals surface area contributed by atoms with Crippen molar-refractivity contribution >= 4 is 34.1 Å². The molecule has 3 rings (SSSR count). The number of aromatic nitrogens is 3. The van der Waals surface area contributed by atoms with Gasteiger partial charge in [0.25, 0.3) is 0 Å². The van der Waals surface area contributed by atoms with E-state index < -0.39 is 0 Å². The van der Waals surface area contributed by atoms with Crippen LogP contribution in [-0.2, 0) is 0 Å². The van der Waals surface area contributed by atoms with E-state index >= 15 is 0 Å². The van der Waals surface area contributed by atoms with Gasteiger partial charge in [-0.3, -0.25) is 0 Å². The summed E-state index contributed by atoms with van der Waals surface area (Å²) in [4.78, 5) is 10.7. The number of alkyl halides is 1. The number of halogens is 1. The van der Waals surface area contributed by atoms with Crippen molar-refractivity contribution in [1.82, 2.24) is 14.5 Å². The first-order chi connectivity index (χ1) is 10.1. The average Bonchev–Trinajstić information content (AvgIpc) is 3.08. The summed E-state index contributed by atoms with van der Waals surface area (Å²) in [5.41, 5.74) is 2.96. The summed E-state index contributed by atoms with van der Waals surface area (Å²) in [5, 5.41) is 1.96. The van der Waals surface area contributed by atoms with Crippen LogP contribution >= 0.6 is 22.9 Å². The Balaban J connectivity index is 2.26. The minimum absolute atomic E-state index is 0.145. The third-order valence-electron chi connectivity index (χ3n) is 3.62. The zero-order valence-electron chi connectivity index (χ0n) is 12.4. The summed E-state index contributed by atoms with van der Waals surface area (Å²) in [6.07, 6.45) is 2.88. The Hall–Kier alpha value is -1.39. The van der Waals surface area contributed by atoms with Gasteiger partial charge in [-0.2, -0.15) is 0 Å². The van der Waals surface area contributed by atoms with Gasteiger partial charge >= 0.3 is 0 Å². The van der Waals surface area contributed by atoms with Crippen molar-refractivity contribution in [3.63, 3.8) is 0 Å². The van der Waals surface area contributed by atoms with Gasteiger partial charge < -0.3 is 4.57 Å². The third-order valence-corrected chi connectivity index (χ3v) is 4.79. The van der Waals surface area contributed by atoms with Crippen molar-refractivity contribution in [1.29, 1.82) is 0 Å². The monoisotopic (exact) mass is 319 g/mol. The van der Waals surface area contributed by atoms with Crippen LogP contribution in [0.3, 0.4) is 0 Å². The fraction of sp³-hybridized carbons (Fsp3) is 0.375. The standard InChI is InChI=1S/C16H18ClN3S/c1-4-13(14-6-5-7-21-14)20-15(11(3)17)19-12-8-10(2)9-18-16(12)20/h5-9,11,13H,4H2,1-3H3. The number of pyridine rings is 1. The third kappa shape index (κ3) is 2.58. The van der Waals surface area contributed by atoms with Crippen molar-refractivity contribution in [2.45, 2.75) is 38.6 Å². The van der Waals surface area contributed by atoms with Gasteiger partial charge in [-0.15, -0.1) is 22.9 Å². The number of hydrogen-bond donors (Lipinski definition) is 0. The lowest BCUT2D eigenvalue weighted by molar-refractivity contribution is 0.560. The molecule has 0 bridgehead atoms. The molecule has 3 heterocycles. The second-order valence-electron chi connectivity index (χ2n) is 5.25. The van der Waals surface area contributed by atoms with Crippen LogP contribution in [0.4, 0.5) is 0 Å². The number of fused-ring (bicyclic) bond motifs is 1. The van der Waals surface area contributed by atoms with Gasteiger partial charge in [0, 0.05) is 11.1 Å². The predicted molar refractivity (Wildman–Crippen MR) is 89.3 cm³/mol. The van der Waals surface area contributed by atoms with Crippen LogP contribution in [0, 0.1) is 6.92 Å². The fourth-order valence-corrected chi connectivity index (χ4v) is 3.73. The molecule has 0 aliphatic rings. The molecule has 0 aliphatic heterocycles. The summed E-state index contributed by atoms with van der Waals surface area (Å²) in [5.74, 6) is 0.894. The van der Waals surface area contributed by atoms with Crippen LogP contribution in [0.25, 0.3) is 11.2 Å². The van der Waals surface area contributed by atoms with Crippen molar-refractivity contribution in [3.05, 3.63) is 46.0 Å². The first-order valence-electron chi connectivity index (χ1n) is 7.13. The molecule has 0 saturated carbocycles. The molecule has 2 atom stereocenters. The van der Waals surface area contributed by atoms with E-state index in [-0.39, 0.29) is 11.4 Å². The molecule has 110 valence electrons. The molecule has 21 heavy (non-hydrogen) atoms. The maximum Gasteiger partial charge on any atom is 0.160 e. The Labute approximate surface area is 133 Å². The van der Waals surface area contributed by atoms with Gasteiger partial charge in [0.2, 0.25) is 0 Å². The van der Waals surface area contributed by atoms with Crippen LogP contribution in [0.5, 0.6) is 0 Å². The summed E-state index contributed by atoms with van der Waals surface area (Å²) in [6, 6.07) is 6.56. The number of hydrogen-bond acceptors (Lipinski definition) is 3. The maximum absolute atomic E-state index is 6.37. The molecular formula is C16H18ClN3S. The molecule has 5 heteroatoms. The summed E-state index contributed by atoms with van der Waals surface area (Å²) in [6.45, 7) is 6.19. The zero-order valence-corrected chi connectivity index (χ0v) is 13.9. The van der Waals surface area contributed by atoms with Gasteiger partial charge in [0.15, 0.2) is 5.65 Å². The number of thiophene rings is 1. The van der Waals surface area contributed by atoms with Crippen molar-refractivity contribution in [2.24, 2.45) is 0 Å². The zero-order chi connectivity index (χ0) is 15.0. The van der Waals surface area contributed by atoms with E-state index in [4.69, 9.17) is 16.6 Å². The van der Waals surface area contributed by atoms with E-state index in [0.29, 0.717) is 0 Å². The minimum atomic E-state index is -0.145. The smallest absolute Gasteiger partial charge is 0.160 e. The fourth-order valence-electron chi connectivity index (χ4n) is 2.68. The number of nitrogens with zero attached hydrogens (tertiary/aromatic N) is 3. The Morgan fingerprint density at radius 3 is 2.86 bits per heavy atom. The molecule has 0 spiro atoms. The lowest BCUT2D eigenvalue weighted by Gasteiger charge is -2.19. The Bertz CT molecular complexity index is 746. The predicted octanol–water partition coefficient (Wildman–Crippen LogP) is 5.10. The van der Waals surface area contributed by atoms with Crippen molar-refractivity contribution in [3.8, 4) is 0 Å². The van der Waals surface area contributed by atoms with Crippen LogP contribution < -0.4 is 0 Å². The molecular weight excluding hydrogens is 302 g/mol. The quantitative estimate of drug-likeness (QED) is 0.626. The lowest BCUT2D eigenvalue weighted by atomic mass is 10.1. The number of aryl methyl sites for hydroxylation is 1. The topological polar surface area (TPSA) is 30.7 Å². The first-order valence-corrected chi connectivity index (χ1v) is 8.45. The molecule has 0 amide bonds. The largest absolute Gasteiger partial charge is 0.303 e. The van der Waals surface area contributed by atoms with Crippen LogP contribution in [-0.4, -0.2) is 14.5 Å². The van der Waals surface area contributed by atoms with Crippen LogP contribution in [0.2, 0.25) is 0 Å². The van der Waals surface area contributed by atoms with Crippen molar-refractivity contribution in [2.75, 3.05) is 0 Å². The molecule has 2 unspecified atom stereocenters. The van der Waals surface area contributed by atoms with E-state index in [9.17, 15) is 0 Å². The molecule has 3 aromatic heterocycles. The molecule has 0 aromatic carbocycles. The van der Waals surface area contributed by atoms with E-state index in [2.05, 4.69) is 40.1 Å². The van der Waals surface area contributed by atoms with Crippen LogP contribution in [0.1, 0.15) is 48.0 Å². The average molecular weight is 320 g/mol. The van der Waals surface area contributed by atoms with Gasteiger partial charge in [0.05, 0.1) is 11.4 Å². The highest BCUT2D eigenvalue weighted by molar-refractivity contribution is 7.10. The molecule has 3 aromatic rings. The summed E-state index contributed by atoms with van der Waals surface area (Å²) >= 11 is 8.14. The second kappa shape index (κ2) is 5.78. The summed E-state index contributed by atoms with van der Waals surface area (Å²) in [7, 11) is 0. The molecule has 0 fully saturated rings. The van der Waals surface area contributed by atoms with Crippen LogP contribution in [0.15, 0.2) is 29.8 Å². The molecule has 0 N–H and O–H groups in total.